The summed E-state index contributed by atoms with van der Waals surface area (Å²) in [5, 5.41) is 38.9. The summed E-state index contributed by atoms with van der Waals surface area (Å²) in [4.78, 5) is 11.8. The Morgan fingerprint density at radius 1 is 1.27 bits per heavy atom. The van der Waals surface area contributed by atoms with E-state index in [1.165, 1.54) is 0 Å². The van der Waals surface area contributed by atoms with Gasteiger partial charge in [-0.3, -0.25) is 4.79 Å². The van der Waals surface area contributed by atoms with Crippen LogP contribution in [0.15, 0.2) is 11.6 Å². The molecule has 0 saturated carbocycles. The van der Waals surface area contributed by atoms with Crippen LogP contribution in [0, 0.1) is 11.3 Å². The van der Waals surface area contributed by atoms with Gasteiger partial charge in [0.2, 0.25) is 0 Å². The molecule has 1 fully saturated rings. The number of carbonyl (C=O) groups excluding carboxylic acids is 1. The van der Waals surface area contributed by atoms with Gasteiger partial charge in [-0.1, -0.05) is 19.4 Å². The maximum Gasteiger partial charge on any atom is 0.186 e. The van der Waals surface area contributed by atoms with Gasteiger partial charge in [0.1, 0.15) is 24.4 Å². The second-order valence-electron chi connectivity index (χ2n) is 8.29. The number of hydrogen-bond acceptors (Lipinski definition) is 7. The first-order chi connectivity index (χ1) is 12.1. The molecule has 0 aromatic carbocycles. The summed E-state index contributed by atoms with van der Waals surface area (Å²) in [6.07, 6.45) is -2.82. The van der Waals surface area contributed by atoms with Crippen molar-refractivity contribution in [2.75, 3.05) is 6.61 Å². The van der Waals surface area contributed by atoms with Gasteiger partial charge in [-0.05, 0) is 44.1 Å². The normalized spacial score (nSPS) is 38.8. The highest BCUT2D eigenvalue weighted by Gasteiger charge is 2.44. The molecule has 2 rings (SSSR count). The highest BCUT2D eigenvalue weighted by Crippen LogP contribution is 2.42. The SMILES string of the molecule is CC1=CC(=O)CC(C)(C)[C@@H]1CCC(C)OC1OC(CO)C(O)C(O)C1O. The third-order valence-corrected chi connectivity index (χ3v) is 5.59. The molecule has 0 bridgehead atoms. The highest BCUT2D eigenvalue weighted by molar-refractivity contribution is 5.91. The maximum atomic E-state index is 11.8. The zero-order chi connectivity index (χ0) is 19.6. The van der Waals surface area contributed by atoms with Crippen LogP contribution in [0.1, 0.15) is 47.0 Å². The second kappa shape index (κ2) is 8.46. The maximum absolute atomic E-state index is 11.8. The predicted molar refractivity (Wildman–Crippen MR) is 94.2 cm³/mol. The average Bonchev–Trinajstić information content (AvgIpc) is 2.53. The van der Waals surface area contributed by atoms with Crippen molar-refractivity contribution in [3.05, 3.63) is 11.6 Å². The standard InChI is InChI=1S/C19H32O7/c1-10-7-12(21)8-19(3,4)13(10)6-5-11(2)25-18-17(24)16(23)15(22)14(9-20)26-18/h7,11,13-18,20,22-24H,5-6,8-9H2,1-4H3/t11?,13-,14?,15?,16?,17?,18?/m1/s1. The fourth-order valence-electron chi connectivity index (χ4n) is 4.09. The minimum atomic E-state index is -1.44. The molecule has 4 N–H and O–H groups in total. The molecule has 0 radical (unpaired) electrons. The quantitative estimate of drug-likeness (QED) is 0.537. The summed E-state index contributed by atoms with van der Waals surface area (Å²) in [6, 6.07) is 0. The molecule has 7 nitrogen and oxygen atoms in total. The van der Waals surface area contributed by atoms with Crippen molar-refractivity contribution in [1.29, 1.82) is 0 Å². The van der Waals surface area contributed by atoms with Crippen molar-refractivity contribution in [2.45, 2.75) is 83.8 Å². The van der Waals surface area contributed by atoms with Gasteiger partial charge in [-0.2, -0.15) is 0 Å². The van der Waals surface area contributed by atoms with Crippen molar-refractivity contribution in [3.8, 4) is 0 Å². The molecule has 0 aromatic rings. The van der Waals surface area contributed by atoms with Crippen molar-refractivity contribution >= 4 is 5.78 Å². The minimum absolute atomic E-state index is 0.112. The van der Waals surface area contributed by atoms with Gasteiger partial charge in [-0.15, -0.1) is 0 Å². The average molecular weight is 372 g/mol. The Labute approximate surface area is 154 Å². The number of ketones is 1. The van der Waals surface area contributed by atoms with Crippen molar-refractivity contribution < 1.29 is 34.7 Å². The zero-order valence-corrected chi connectivity index (χ0v) is 16.0. The van der Waals surface area contributed by atoms with Crippen LogP contribution >= 0.6 is 0 Å². The number of ether oxygens (including phenoxy) is 2. The monoisotopic (exact) mass is 372 g/mol. The second-order valence-corrected chi connectivity index (χ2v) is 8.29. The zero-order valence-electron chi connectivity index (χ0n) is 16.0. The molecule has 26 heavy (non-hydrogen) atoms. The summed E-state index contributed by atoms with van der Waals surface area (Å²) < 4.78 is 11.1. The first-order valence-corrected chi connectivity index (χ1v) is 9.23. The summed E-state index contributed by atoms with van der Waals surface area (Å²) >= 11 is 0. The van der Waals surface area contributed by atoms with Crippen LogP contribution in [0.5, 0.6) is 0 Å². The van der Waals surface area contributed by atoms with E-state index in [2.05, 4.69) is 13.8 Å². The van der Waals surface area contributed by atoms with Crippen LogP contribution in [-0.4, -0.2) is 69.6 Å². The number of aliphatic hydroxyl groups excluding tert-OH is 4. The van der Waals surface area contributed by atoms with Crippen LogP contribution < -0.4 is 0 Å². The van der Waals surface area contributed by atoms with Crippen LogP contribution in [0.3, 0.4) is 0 Å². The van der Waals surface area contributed by atoms with E-state index in [1.807, 2.05) is 13.8 Å². The number of allylic oxidation sites excluding steroid dienone is 2. The molecule has 1 heterocycles. The van der Waals surface area contributed by atoms with Gasteiger partial charge >= 0.3 is 0 Å². The van der Waals surface area contributed by atoms with E-state index in [1.54, 1.807) is 6.08 Å². The van der Waals surface area contributed by atoms with Crippen LogP contribution in [-0.2, 0) is 14.3 Å². The Morgan fingerprint density at radius 2 is 1.92 bits per heavy atom. The number of aliphatic hydroxyl groups is 4. The smallest absolute Gasteiger partial charge is 0.186 e. The van der Waals surface area contributed by atoms with E-state index in [9.17, 15) is 25.2 Å². The van der Waals surface area contributed by atoms with E-state index >= 15 is 0 Å². The fourth-order valence-corrected chi connectivity index (χ4v) is 4.09. The Kier molecular flexibility index (Phi) is 6.98. The topological polar surface area (TPSA) is 116 Å². The van der Waals surface area contributed by atoms with E-state index in [-0.39, 0.29) is 23.2 Å². The summed E-state index contributed by atoms with van der Waals surface area (Å²) in [7, 11) is 0. The highest BCUT2D eigenvalue weighted by atomic mass is 16.7. The largest absolute Gasteiger partial charge is 0.394 e. The van der Waals surface area contributed by atoms with Crippen molar-refractivity contribution in [1.82, 2.24) is 0 Å². The Bertz CT molecular complexity index is 528. The van der Waals surface area contributed by atoms with E-state index in [4.69, 9.17) is 9.47 Å². The van der Waals surface area contributed by atoms with Gasteiger partial charge in [0.05, 0.1) is 12.7 Å². The first kappa shape index (κ1) is 21.5. The third kappa shape index (κ3) is 4.71. The molecule has 1 aliphatic heterocycles. The molecular formula is C19H32O7. The lowest BCUT2D eigenvalue weighted by molar-refractivity contribution is -0.310. The van der Waals surface area contributed by atoms with Gasteiger partial charge in [0.25, 0.3) is 0 Å². The predicted octanol–water partition coefficient (Wildman–Crippen LogP) is 0.533. The van der Waals surface area contributed by atoms with E-state index in [0.717, 1.165) is 12.0 Å². The van der Waals surface area contributed by atoms with Crippen LogP contribution in [0.2, 0.25) is 0 Å². The van der Waals surface area contributed by atoms with Crippen molar-refractivity contribution in [2.24, 2.45) is 11.3 Å². The lowest BCUT2D eigenvalue weighted by atomic mass is 9.66. The molecule has 150 valence electrons. The van der Waals surface area contributed by atoms with Gasteiger partial charge in [0.15, 0.2) is 12.1 Å². The molecule has 7 heteroatoms. The molecule has 2 aliphatic rings. The van der Waals surface area contributed by atoms with E-state index < -0.39 is 37.3 Å². The molecule has 7 atom stereocenters. The lowest BCUT2D eigenvalue weighted by Crippen LogP contribution is -2.59. The number of rotatable bonds is 6. The van der Waals surface area contributed by atoms with Gasteiger partial charge in [0, 0.05) is 6.42 Å². The Morgan fingerprint density at radius 3 is 2.50 bits per heavy atom. The lowest BCUT2D eigenvalue weighted by Gasteiger charge is -2.41. The minimum Gasteiger partial charge on any atom is -0.394 e. The van der Waals surface area contributed by atoms with Crippen LogP contribution in [0.25, 0.3) is 0 Å². The molecule has 0 aromatic heterocycles. The number of hydrogen-bond donors (Lipinski definition) is 4. The van der Waals surface area contributed by atoms with E-state index in [0.29, 0.717) is 12.8 Å². The molecule has 0 spiro atoms. The van der Waals surface area contributed by atoms with Gasteiger partial charge in [-0.25, -0.2) is 0 Å². The Hall–Kier alpha value is -0.830. The van der Waals surface area contributed by atoms with Gasteiger partial charge < -0.3 is 29.9 Å². The first-order valence-electron chi connectivity index (χ1n) is 9.23. The molecule has 1 aliphatic carbocycles. The summed E-state index contributed by atoms with van der Waals surface area (Å²) in [5.41, 5.74) is 0.963. The van der Waals surface area contributed by atoms with Crippen molar-refractivity contribution in [3.63, 3.8) is 0 Å². The molecule has 6 unspecified atom stereocenters. The number of carbonyl (C=O) groups is 1. The molecular weight excluding hydrogens is 340 g/mol. The molecule has 1 saturated heterocycles. The molecule has 0 amide bonds. The Balaban J connectivity index is 1.93. The summed E-state index contributed by atoms with van der Waals surface area (Å²) in [5.74, 6) is 0.426. The summed E-state index contributed by atoms with van der Waals surface area (Å²) in [6.45, 7) is 7.53. The fraction of sp³-hybridized carbons (Fsp3) is 0.842. The van der Waals surface area contributed by atoms with Crippen LogP contribution in [0.4, 0.5) is 0 Å². The third-order valence-electron chi connectivity index (χ3n) is 5.59.